The van der Waals surface area contributed by atoms with Crippen molar-refractivity contribution in [3.05, 3.63) is 42.0 Å². The molecular weight excluding hydrogens is 513 g/mol. The van der Waals surface area contributed by atoms with Crippen LogP contribution in [-0.2, 0) is 4.79 Å². The molecular formula is C35H50FN3O2. The van der Waals surface area contributed by atoms with Crippen molar-refractivity contribution in [3.8, 4) is 23.2 Å². The van der Waals surface area contributed by atoms with Gasteiger partial charge in [0.15, 0.2) is 22.8 Å². The standard InChI is InChI=1S/C35H50FN3O2/c1-5-7-9-11-13-15-27-16-18-28(19-17-27)30-23-38-33(39-24-30)29-20-21-32(31(36)22-29)41-34(40)35(4,25-37)26(3)14-12-10-8-6-2/h20-24,26-28H,5-19H2,1-4H3/t26-,27?,28?,35+/m1/s1. The third kappa shape index (κ3) is 9.35. The summed E-state index contributed by atoms with van der Waals surface area (Å²) in [5.41, 5.74) is 0.332. The number of rotatable bonds is 16. The second-order valence-electron chi connectivity index (χ2n) is 12.4. The lowest BCUT2D eigenvalue weighted by Gasteiger charge is -2.28. The number of ether oxygens (including phenoxy) is 1. The minimum atomic E-state index is -1.34. The molecule has 0 bridgehead atoms. The molecule has 6 heteroatoms. The average Bonchev–Trinajstić information content (AvgIpc) is 3.00. The largest absolute Gasteiger partial charge is 0.422 e. The predicted molar refractivity (Wildman–Crippen MR) is 163 cm³/mol. The first-order valence-electron chi connectivity index (χ1n) is 16.1. The zero-order valence-corrected chi connectivity index (χ0v) is 25.8. The van der Waals surface area contributed by atoms with E-state index in [4.69, 9.17) is 4.74 Å². The molecule has 1 aliphatic carbocycles. The van der Waals surface area contributed by atoms with E-state index >= 15 is 4.39 Å². The van der Waals surface area contributed by atoms with Gasteiger partial charge in [0.1, 0.15) is 0 Å². The Morgan fingerprint density at radius 3 is 2.27 bits per heavy atom. The summed E-state index contributed by atoms with van der Waals surface area (Å²) in [4.78, 5) is 22.0. The van der Waals surface area contributed by atoms with Crippen LogP contribution in [0, 0.1) is 34.4 Å². The van der Waals surface area contributed by atoms with Gasteiger partial charge < -0.3 is 4.74 Å². The van der Waals surface area contributed by atoms with Gasteiger partial charge in [-0.25, -0.2) is 19.2 Å². The van der Waals surface area contributed by atoms with Crippen molar-refractivity contribution in [2.75, 3.05) is 0 Å². The monoisotopic (exact) mass is 563 g/mol. The number of nitrogens with zero attached hydrogens (tertiary/aromatic N) is 3. The Balaban J connectivity index is 1.55. The van der Waals surface area contributed by atoms with E-state index in [1.165, 1.54) is 76.3 Å². The Bertz CT molecular complexity index is 1120. The minimum Gasteiger partial charge on any atom is -0.422 e. The molecule has 1 heterocycles. The van der Waals surface area contributed by atoms with Crippen LogP contribution < -0.4 is 4.74 Å². The summed E-state index contributed by atoms with van der Waals surface area (Å²) in [5.74, 6) is 0.00249. The van der Waals surface area contributed by atoms with Crippen LogP contribution in [0.1, 0.15) is 135 Å². The Hall–Kier alpha value is -2.81. The summed E-state index contributed by atoms with van der Waals surface area (Å²) in [7, 11) is 0. The third-order valence-corrected chi connectivity index (χ3v) is 9.23. The summed E-state index contributed by atoms with van der Waals surface area (Å²) < 4.78 is 20.4. The number of unbranched alkanes of at least 4 members (excludes halogenated alkanes) is 7. The summed E-state index contributed by atoms with van der Waals surface area (Å²) in [6, 6.07) is 6.50. The van der Waals surface area contributed by atoms with Crippen LogP contribution in [0.3, 0.4) is 0 Å². The molecule has 0 saturated heterocycles. The molecule has 0 radical (unpaired) electrons. The topological polar surface area (TPSA) is 75.9 Å². The third-order valence-electron chi connectivity index (χ3n) is 9.23. The van der Waals surface area contributed by atoms with Gasteiger partial charge in [-0.3, -0.25) is 0 Å². The number of carbonyl (C=O) groups is 1. The lowest BCUT2D eigenvalue weighted by Crippen LogP contribution is -2.36. The van der Waals surface area contributed by atoms with E-state index in [9.17, 15) is 10.1 Å². The minimum absolute atomic E-state index is 0.183. The van der Waals surface area contributed by atoms with Gasteiger partial charge in [0.2, 0.25) is 0 Å². The highest BCUT2D eigenvalue weighted by Crippen LogP contribution is 2.38. The zero-order valence-electron chi connectivity index (χ0n) is 25.8. The fourth-order valence-electron chi connectivity index (χ4n) is 5.97. The van der Waals surface area contributed by atoms with E-state index in [2.05, 4.69) is 29.9 Å². The number of hydrogen-bond acceptors (Lipinski definition) is 5. The molecule has 0 aliphatic heterocycles. The van der Waals surface area contributed by atoms with E-state index in [1.807, 2.05) is 19.3 Å². The molecule has 41 heavy (non-hydrogen) atoms. The molecule has 0 unspecified atom stereocenters. The van der Waals surface area contributed by atoms with Crippen LogP contribution in [0.15, 0.2) is 30.6 Å². The van der Waals surface area contributed by atoms with Gasteiger partial charge >= 0.3 is 5.97 Å². The van der Waals surface area contributed by atoms with Gasteiger partial charge in [-0.2, -0.15) is 5.26 Å². The Kier molecular flexibility index (Phi) is 13.2. The molecule has 1 fully saturated rings. The normalized spacial score (nSPS) is 19.2. The fourth-order valence-corrected chi connectivity index (χ4v) is 5.97. The number of carbonyl (C=O) groups excluding carboxylic acids is 1. The van der Waals surface area contributed by atoms with Crippen molar-refractivity contribution in [2.24, 2.45) is 17.3 Å². The van der Waals surface area contributed by atoms with Gasteiger partial charge in [0, 0.05) is 18.0 Å². The van der Waals surface area contributed by atoms with Crippen molar-refractivity contribution < 1.29 is 13.9 Å². The average molecular weight is 564 g/mol. The Morgan fingerprint density at radius 2 is 1.66 bits per heavy atom. The fraction of sp³-hybridized carbons (Fsp3) is 0.657. The summed E-state index contributed by atoms with van der Waals surface area (Å²) >= 11 is 0. The first-order chi connectivity index (χ1) is 19.8. The second-order valence-corrected chi connectivity index (χ2v) is 12.4. The number of hydrogen-bond donors (Lipinski definition) is 0. The maximum atomic E-state index is 15.0. The van der Waals surface area contributed by atoms with Crippen LogP contribution in [0.5, 0.6) is 5.75 Å². The molecule has 0 N–H and O–H groups in total. The lowest BCUT2D eigenvalue weighted by molar-refractivity contribution is -0.144. The number of aromatic nitrogens is 2. The Morgan fingerprint density at radius 1 is 1.02 bits per heavy atom. The zero-order chi connectivity index (χ0) is 29.7. The van der Waals surface area contributed by atoms with E-state index in [-0.39, 0.29) is 11.7 Å². The smallest absolute Gasteiger partial charge is 0.331 e. The first kappa shape index (κ1) is 32.7. The molecule has 2 atom stereocenters. The first-order valence-corrected chi connectivity index (χ1v) is 16.1. The molecule has 1 aliphatic rings. The number of esters is 1. The van der Waals surface area contributed by atoms with Crippen molar-refractivity contribution in [1.29, 1.82) is 5.26 Å². The van der Waals surface area contributed by atoms with Crippen molar-refractivity contribution in [2.45, 2.75) is 130 Å². The number of benzene rings is 1. The van der Waals surface area contributed by atoms with E-state index in [0.717, 1.165) is 43.6 Å². The molecule has 1 aromatic heterocycles. The summed E-state index contributed by atoms with van der Waals surface area (Å²) in [6.07, 6.45) is 21.8. The number of nitriles is 1. The highest BCUT2D eigenvalue weighted by Gasteiger charge is 2.41. The van der Waals surface area contributed by atoms with Crippen LogP contribution in [0.25, 0.3) is 11.4 Å². The summed E-state index contributed by atoms with van der Waals surface area (Å²) in [5, 5.41) is 9.80. The van der Waals surface area contributed by atoms with Gasteiger partial charge in [0.25, 0.3) is 0 Å². The highest BCUT2D eigenvalue weighted by atomic mass is 19.1. The SMILES string of the molecule is CCCCCCCC1CCC(c2cnc(-c3ccc(OC(=O)[C@@](C)(C#N)[C@H](C)CCCCCC)c(F)c3)nc2)CC1. The molecule has 5 nitrogen and oxygen atoms in total. The quantitative estimate of drug-likeness (QED) is 0.115. The van der Waals surface area contributed by atoms with Gasteiger partial charge in [-0.1, -0.05) is 85.0 Å². The lowest BCUT2D eigenvalue weighted by atomic mass is 9.76. The highest BCUT2D eigenvalue weighted by molar-refractivity contribution is 5.82. The molecule has 2 aromatic rings. The van der Waals surface area contributed by atoms with Crippen LogP contribution in [0.4, 0.5) is 4.39 Å². The number of halogens is 1. The predicted octanol–water partition coefficient (Wildman–Crippen LogP) is 9.96. The van der Waals surface area contributed by atoms with E-state index in [1.54, 1.807) is 13.0 Å². The van der Waals surface area contributed by atoms with Crippen molar-refractivity contribution in [1.82, 2.24) is 9.97 Å². The molecule has 1 aromatic carbocycles. The molecule has 1 saturated carbocycles. The van der Waals surface area contributed by atoms with E-state index in [0.29, 0.717) is 17.3 Å². The molecule has 224 valence electrons. The maximum absolute atomic E-state index is 15.0. The van der Waals surface area contributed by atoms with Gasteiger partial charge in [-0.15, -0.1) is 0 Å². The van der Waals surface area contributed by atoms with Crippen LogP contribution in [0.2, 0.25) is 0 Å². The second kappa shape index (κ2) is 16.6. The van der Waals surface area contributed by atoms with Crippen molar-refractivity contribution in [3.63, 3.8) is 0 Å². The van der Waals surface area contributed by atoms with Crippen LogP contribution >= 0.6 is 0 Å². The van der Waals surface area contributed by atoms with Crippen molar-refractivity contribution >= 4 is 5.97 Å². The molecule has 0 spiro atoms. The molecule has 0 amide bonds. The maximum Gasteiger partial charge on any atom is 0.331 e. The van der Waals surface area contributed by atoms with Gasteiger partial charge in [-0.05, 0) is 80.5 Å². The Labute approximate surface area is 247 Å². The van der Waals surface area contributed by atoms with E-state index < -0.39 is 17.2 Å². The van der Waals surface area contributed by atoms with Crippen LogP contribution in [-0.4, -0.2) is 15.9 Å². The van der Waals surface area contributed by atoms with Gasteiger partial charge in [0.05, 0.1) is 6.07 Å². The summed E-state index contributed by atoms with van der Waals surface area (Å²) in [6.45, 7) is 7.88. The molecule has 3 rings (SSSR count).